The van der Waals surface area contributed by atoms with Gasteiger partial charge in [0.2, 0.25) is 0 Å². The first-order chi connectivity index (χ1) is 14.4. The van der Waals surface area contributed by atoms with Gasteiger partial charge in [0, 0.05) is 37.0 Å². The first-order valence-electron chi connectivity index (χ1n) is 11.0. The molecule has 2 aliphatic rings. The Balaban J connectivity index is 1.41. The lowest BCUT2D eigenvalue weighted by atomic mass is 10.1. The van der Waals surface area contributed by atoms with Crippen LogP contribution in [0.25, 0.3) is 0 Å². The second-order valence-corrected chi connectivity index (χ2v) is 11.8. The highest BCUT2D eigenvalue weighted by Gasteiger charge is 2.32. The molecule has 4 rings (SSSR count). The van der Waals surface area contributed by atoms with Gasteiger partial charge in [-0.1, -0.05) is 19.1 Å². The maximum atomic E-state index is 13.1. The van der Waals surface area contributed by atoms with E-state index in [1.807, 2.05) is 12.1 Å². The Morgan fingerprint density at radius 2 is 1.90 bits per heavy atom. The number of hydrogen-bond donors (Lipinski definition) is 1. The third kappa shape index (κ3) is 4.59. The van der Waals surface area contributed by atoms with E-state index in [0.29, 0.717) is 23.9 Å². The minimum absolute atomic E-state index is 0.254. The van der Waals surface area contributed by atoms with Crippen molar-refractivity contribution in [3.05, 3.63) is 46.3 Å². The third-order valence-corrected chi connectivity index (χ3v) is 9.37. The van der Waals surface area contributed by atoms with Gasteiger partial charge in [0.1, 0.15) is 11.5 Å². The van der Waals surface area contributed by atoms with Gasteiger partial charge in [-0.3, -0.25) is 5.32 Å². The van der Waals surface area contributed by atoms with Gasteiger partial charge in [-0.2, -0.15) is 0 Å². The maximum Gasteiger partial charge on any atom is 0.194 e. The number of piperidine rings is 1. The highest BCUT2D eigenvalue weighted by Crippen LogP contribution is 2.35. The molecule has 1 aromatic carbocycles. The van der Waals surface area contributed by atoms with Gasteiger partial charge in [0.15, 0.2) is 14.9 Å². The molecule has 30 heavy (non-hydrogen) atoms. The summed E-state index contributed by atoms with van der Waals surface area (Å²) < 4.78 is 32.5. The Morgan fingerprint density at radius 3 is 2.53 bits per heavy atom. The van der Waals surface area contributed by atoms with E-state index < -0.39 is 15.2 Å². The highest BCUT2D eigenvalue weighted by atomic mass is 32.2. The molecule has 2 aromatic rings. The number of sulfone groups is 1. The van der Waals surface area contributed by atoms with E-state index in [0.717, 1.165) is 48.5 Å². The zero-order valence-electron chi connectivity index (χ0n) is 18.1. The molecular weight excluding hydrogens is 416 g/mol. The number of likely N-dealkylation sites (tertiary alicyclic amines) is 1. The molecule has 0 amide bonds. The average molecular weight is 449 g/mol. The first kappa shape index (κ1) is 21.8. The molecule has 1 unspecified atom stereocenters. The normalized spacial score (nSPS) is 21.0. The molecule has 2 aliphatic heterocycles. The fourth-order valence-corrected chi connectivity index (χ4v) is 6.87. The Hall–Kier alpha value is -1.41. The van der Waals surface area contributed by atoms with Gasteiger partial charge in [0.05, 0.1) is 4.90 Å². The molecule has 0 saturated carbocycles. The van der Waals surface area contributed by atoms with Crippen LogP contribution in [0.5, 0.6) is 5.06 Å². The molecule has 164 valence electrons. The summed E-state index contributed by atoms with van der Waals surface area (Å²) in [6.07, 6.45) is 3.73. The molecule has 5 nitrogen and oxygen atoms in total. The molecule has 1 fully saturated rings. The summed E-state index contributed by atoms with van der Waals surface area (Å²) in [6.45, 7) is 9.27. The number of nitrogens with one attached hydrogen (secondary N) is 1. The molecule has 0 bridgehead atoms. The summed E-state index contributed by atoms with van der Waals surface area (Å²) in [5.74, 6) is 0. The Morgan fingerprint density at radius 1 is 1.20 bits per heavy atom. The molecule has 0 radical (unpaired) electrons. The monoisotopic (exact) mass is 448 g/mol. The third-order valence-electron chi connectivity index (χ3n) is 6.29. The number of thiophene rings is 1. The number of aryl methyl sites for hydroxylation is 1. The minimum Gasteiger partial charge on any atom is -0.481 e. The van der Waals surface area contributed by atoms with E-state index in [4.69, 9.17) is 4.74 Å². The first-order valence-corrected chi connectivity index (χ1v) is 13.3. The van der Waals surface area contributed by atoms with Crippen LogP contribution in [0.4, 0.5) is 0 Å². The van der Waals surface area contributed by atoms with Crippen LogP contribution in [0.1, 0.15) is 49.6 Å². The number of nitrogens with zero attached hydrogens (tertiary/aromatic N) is 1. The van der Waals surface area contributed by atoms with E-state index in [9.17, 15) is 8.42 Å². The van der Waals surface area contributed by atoms with Gasteiger partial charge in [-0.05, 0) is 62.4 Å². The fraction of sp³-hybridized carbons (Fsp3) is 0.565. The van der Waals surface area contributed by atoms with Crippen LogP contribution in [0.2, 0.25) is 0 Å². The summed E-state index contributed by atoms with van der Waals surface area (Å²) in [7, 11) is -3.41. The number of ether oxygens (including phenoxy) is 1. The molecule has 1 atom stereocenters. The van der Waals surface area contributed by atoms with Gasteiger partial charge in [-0.15, -0.1) is 11.3 Å². The second-order valence-electron chi connectivity index (χ2n) is 8.58. The Kier molecular flexibility index (Phi) is 6.53. The second kappa shape index (κ2) is 8.99. The van der Waals surface area contributed by atoms with Crippen molar-refractivity contribution in [2.75, 3.05) is 13.1 Å². The van der Waals surface area contributed by atoms with Crippen molar-refractivity contribution >= 4 is 21.2 Å². The zero-order valence-corrected chi connectivity index (χ0v) is 19.7. The number of hydrogen-bond acceptors (Lipinski definition) is 6. The van der Waals surface area contributed by atoms with Crippen molar-refractivity contribution in [3.8, 4) is 5.06 Å². The predicted octanol–water partition coefficient (Wildman–Crippen LogP) is 4.01. The largest absolute Gasteiger partial charge is 0.481 e. The van der Waals surface area contributed by atoms with Gasteiger partial charge >= 0.3 is 0 Å². The van der Waals surface area contributed by atoms with E-state index >= 15 is 0 Å². The predicted molar refractivity (Wildman–Crippen MR) is 122 cm³/mol. The molecule has 1 aromatic heterocycles. The summed E-state index contributed by atoms with van der Waals surface area (Å²) >= 11 is 1.66. The van der Waals surface area contributed by atoms with E-state index in [-0.39, 0.29) is 6.10 Å². The van der Waals surface area contributed by atoms with Crippen LogP contribution in [0.3, 0.4) is 0 Å². The van der Waals surface area contributed by atoms with Crippen molar-refractivity contribution in [2.24, 2.45) is 0 Å². The van der Waals surface area contributed by atoms with E-state index in [2.05, 4.69) is 37.1 Å². The molecule has 1 saturated heterocycles. The minimum atomic E-state index is -3.41. The number of benzene rings is 1. The van der Waals surface area contributed by atoms with Crippen LogP contribution in [0, 0.1) is 0 Å². The van der Waals surface area contributed by atoms with Gasteiger partial charge in [-0.25, -0.2) is 8.42 Å². The van der Waals surface area contributed by atoms with Crippen molar-refractivity contribution in [1.29, 1.82) is 0 Å². The van der Waals surface area contributed by atoms with Crippen LogP contribution in [-0.2, 0) is 29.2 Å². The number of rotatable bonds is 6. The molecule has 0 spiro atoms. The Bertz CT molecular complexity index is 959. The smallest absolute Gasteiger partial charge is 0.194 e. The molecular formula is C23H32N2O3S2. The average Bonchev–Trinajstić information content (AvgIpc) is 3.15. The molecule has 1 N–H and O–H groups in total. The van der Waals surface area contributed by atoms with Gasteiger partial charge < -0.3 is 9.64 Å². The van der Waals surface area contributed by atoms with Crippen LogP contribution >= 0.6 is 11.3 Å². The maximum absolute atomic E-state index is 13.1. The van der Waals surface area contributed by atoms with Crippen molar-refractivity contribution in [2.45, 2.75) is 75.4 Å². The van der Waals surface area contributed by atoms with Crippen molar-refractivity contribution in [3.63, 3.8) is 0 Å². The standard InChI is InChI=1S/C23H32N2O3S2/c1-4-17-5-7-20(8-6-17)30(26,27)22-13-18-14-23(29-21(18)15-24-22)28-19-9-11-25(12-10-19)16(2)3/h5-8,14,16,19,22,24H,4,9-13,15H2,1-3H3. The lowest BCUT2D eigenvalue weighted by molar-refractivity contribution is 0.0868. The summed E-state index contributed by atoms with van der Waals surface area (Å²) in [5, 5.41) is 3.58. The van der Waals surface area contributed by atoms with Crippen molar-refractivity contribution in [1.82, 2.24) is 10.2 Å². The van der Waals surface area contributed by atoms with E-state index in [1.165, 1.54) is 4.88 Å². The van der Waals surface area contributed by atoms with Gasteiger partial charge in [0.25, 0.3) is 0 Å². The van der Waals surface area contributed by atoms with Crippen molar-refractivity contribution < 1.29 is 13.2 Å². The zero-order chi connectivity index (χ0) is 21.3. The molecule has 0 aliphatic carbocycles. The molecule has 7 heteroatoms. The summed E-state index contributed by atoms with van der Waals surface area (Å²) in [4.78, 5) is 4.08. The fourth-order valence-electron chi connectivity index (χ4n) is 4.27. The van der Waals surface area contributed by atoms with Crippen LogP contribution in [-0.4, -0.2) is 43.9 Å². The van der Waals surface area contributed by atoms with Crippen LogP contribution < -0.4 is 10.1 Å². The SMILES string of the molecule is CCc1ccc(S(=O)(=O)C2Cc3cc(OC4CCN(C(C)C)CC4)sc3CN2)cc1. The molecule has 3 heterocycles. The lowest BCUT2D eigenvalue weighted by Crippen LogP contribution is -2.41. The number of fused-ring (bicyclic) bond motifs is 1. The van der Waals surface area contributed by atoms with E-state index in [1.54, 1.807) is 23.5 Å². The lowest BCUT2D eigenvalue weighted by Gasteiger charge is -2.34. The summed E-state index contributed by atoms with van der Waals surface area (Å²) in [6, 6.07) is 9.93. The Labute approximate surface area is 184 Å². The topological polar surface area (TPSA) is 58.6 Å². The quantitative estimate of drug-likeness (QED) is 0.724. The summed E-state index contributed by atoms with van der Waals surface area (Å²) in [5.41, 5.74) is 2.25. The highest BCUT2D eigenvalue weighted by molar-refractivity contribution is 7.92. The van der Waals surface area contributed by atoms with Crippen LogP contribution in [0.15, 0.2) is 35.2 Å².